The molecule has 0 spiro atoms. The van der Waals surface area contributed by atoms with Crippen LogP contribution in [0.5, 0.6) is 0 Å². The van der Waals surface area contributed by atoms with Gasteiger partial charge in [-0.05, 0) is 30.7 Å². The molecule has 0 fully saturated rings. The molecule has 2 heterocycles. The Kier molecular flexibility index (Phi) is 3.94. The van der Waals surface area contributed by atoms with E-state index < -0.39 is 10.0 Å². The summed E-state index contributed by atoms with van der Waals surface area (Å²) in [5, 5.41) is -0.0115. The molecule has 0 saturated carbocycles. The summed E-state index contributed by atoms with van der Waals surface area (Å²) >= 11 is 12.5. The third kappa shape index (κ3) is 3.00. The number of thiazole rings is 1. The maximum Gasteiger partial charge on any atom is 0.289 e. The molecule has 0 aliphatic heterocycles. The van der Waals surface area contributed by atoms with Crippen LogP contribution in [0.25, 0.3) is 10.3 Å². The first kappa shape index (κ1) is 15.4. The first-order chi connectivity index (χ1) is 10.3. The second-order valence-corrected chi connectivity index (χ2v) is 7.94. The van der Waals surface area contributed by atoms with Crippen LogP contribution in [0.15, 0.2) is 28.6 Å². The summed E-state index contributed by atoms with van der Waals surface area (Å²) in [6.07, 6.45) is 0. The van der Waals surface area contributed by atoms with E-state index in [1.807, 2.05) is 6.92 Å². The Morgan fingerprint density at radius 1 is 1.09 bits per heavy atom. The standard InChI is InChI=1S/C12H8Cl2N4O2S2/c1-6-2-4-7(5-3-6)18-22(19,20)12-17-10-8(21-12)9(13)15-11(14)16-10/h2-5,18H,1H3. The minimum absolute atomic E-state index is 0.0734. The number of halogens is 2. The molecule has 2 aromatic heterocycles. The number of hydrogen-bond donors (Lipinski definition) is 1. The van der Waals surface area contributed by atoms with Crippen molar-refractivity contribution in [2.45, 2.75) is 11.3 Å². The highest BCUT2D eigenvalue weighted by Crippen LogP contribution is 2.31. The van der Waals surface area contributed by atoms with Crippen LogP contribution in [-0.4, -0.2) is 23.4 Å². The molecule has 1 aromatic carbocycles. The minimum Gasteiger partial charge on any atom is -0.278 e. The lowest BCUT2D eigenvalue weighted by Gasteiger charge is -2.05. The second-order valence-electron chi connectivity index (χ2n) is 4.39. The SMILES string of the molecule is Cc1ccc(NS(=O)(=O)c2nc3nc(Cl)nc(Cl)c3s2)cc1. The largest absolute Gasteiger partial charge is 0.289 e. The molecule has 114 valence electrons. The number of aryl methyl sites for hydroxylation is 1. The van der Waals surface area contributed by atoms with Gasteiger partial charge >= 0.3 is 0 Å². The number of nitrogens with one attached hydrogen (secondary N) is 1. The van der Waals surface area contributed by atoms with E-state index in [0.717, 1.165) is 16.9 Å². The third-order valence-corrected chi connectivity index (χ3v) is 6.06. The topological polar surface area (TPSA) is 84.8 Å². The summed E-state index contributed by atoms with van der Waals surface area (Å²) in [7, 11) is -3.83. The molecule has 6 nitrogen and oxygen atoms in total. The molecule has 10 heteroatoms. The van der Waals surface area contributed by atoms with Gasteiger partial charge in [0, 0.05) is 5.69 Å². The Balaban J connectivity index is 2.02. The van der Waals surface area contributed by atoms with Crippen molar-refractivity contribution in [2.24, 2.45) is 0 Å². The number of hydrogen-bond acceptors (Lipinski definition) is 6. The quantitative estimate of drug-likeness (QED) is 0.559. The lowest BCUT2D eigenvalue weighted by molar-refractivity contribution is 0.600. The van der Waals surface area contributed by atoms with Crippen molar-refractivity contribution in [3.05, 3.63) is 40.3 Å². The molecular formula is C12H8Cl2N4O2S2. The molecule has 0 bridgehead atoms. The van der Waals surface area contributed by atoms with Gasteiger partial charge < -0.3 is 0 Å². The number of nitrogens with zero attached hydrogens (tertiary/aromatic N) is 3. The smallest absolute Gasteiger partial charge is 0.278 e. The molecule has 1 N–H and O–H groups in total. The van der Waals surface area contributed by atoms with E-state index >= 15 is 0 Å². The van der Waals surface area contributed by atoms with Gasteiger partial charge in [-0.25, -0.2) is 9.97 Å². The predicted molar refractivity (Wildman–Crippen MR) is 87.2 cm³/mol. The van der Waals surface area contributed by atoms with Crippen molar-refractivity contribution >= 4 is 60.6 Å². The number of aromatic nitrogens is 3. The van der Waals surface area contributed by atoms with Gasteiger partial charge in [0.1, 0.15) is 4.70 Å². The van der Waals surface area contributed by atoms with Gasteiger partial charge in [0.05, 0.1) is 0 Å². The van der Waals surface area contributed by atoms with E-state index in [4.69, 9.17) is 23.2 Å². The van der Waals surface area contributed by atoms with Gasteiger partial charge in [0.15, 0.2) is 10.8 Å². The van der Waals surface area contributed by atoms with E-state index in [1.54, 1.807) is 24.3 Å². The summed E-state index contributed by atoms with van der Waals surface area (Å²) in [6.45, 7) is 1.91. The Labute approximate surface area is 140 Å². The fourth-order valence-electron chi connectivity index (χ4n) is 1.68. The molecule has 3 aromatic rings. The van der Waals surface area contributed by atoms with Gasteiger partial charge in [-0.2, -0.15) is 13.4 Å². The molecule has 0 aliphatic rings. The maximum atomic E-state index is 12.4. The van der Waals surface area contributed by atoms with Gasteiger partial charge in [-0.15, -0.1) is 0 Å². The van der Waals surface area contributed by atoms with Crippen LogP contribution >= 0.6 is 34.5 Å². The van der Waals surface area contributed by atoms with E-state index in [0.29, 0.717) is 10.4 Å². The molecule has 0 aliphatic carbocycles. The maximum absolute atomic E-state index is 12.4. The number of sulfonamides is 1. The molecule has 0 unspecified atom stereocenters. The highest BCUT2D eigenvalue weighted by molar-refractivity contribution is 7.94. The average Bonchev–Trinajstić information content (AvgIpc) is 2.86. The highest BCUT2D eigenvalue weighted by atomic mass is 35.5. The van der Waals surface area contributed by atoms with E-state index in [1.165, 1.54) is 0 Å². The van der Waals surface area contributed by atoms with Crippen molar-refractivity contribution in [3.8, 4) is 0 Å². The molecule has 0 atom stereocenters. The minimum atomic E-state index is -3.83. The highest BCUT2D eigenvalue weighted by Gasteiger charge is 2.22. The lowest BCUT2D eigenvalue weighted by atomic mass is 10.2. The fraction of sp³-hybridized carbons (Fsp3) is 0.0833. The third-order valence-electron chi connectivity index (χ3n) is 2.70. The second kappa shape index (κ2) is 5.62. The monoisotopic (exact) mass is 374 g/mol. The first-order valence-electron chi connectivity index (χ1n) is 5.94. The van der Waals surface area contributed by atoms with Gasteiger partial charge in [-0.1, -0.05) is 40.6 Å². The molecule has 22 heavy (non-hydrogen) atoms. The lowest BCUT2D eigenvalue weighted by Crippen LogP contribution is -2.12. The molecule has 0 amide bonds. The normalized spacial score (nSPS) is 11.8. The van der Waals surface area contributed by atoms with E-state index in [9.17, 15) is 8.42 Å². The first-order valence-corrected chi connectivity index (χ1v) is 9.00. The van der Waals surface area contributed by atoms with Crippen LogP contribution in [0.2, 0.25) is 10.4 Å². The zero-order chi connectivity index (χ0) is 15.9. The summed E-state index contributed by atoms with van der Waals surface area (Å²) in [5.74, 6) is 0. The number of fused-ring (bicyclic) bond motifs is 1. The molecule has 3 rings (SSSR count). The van der Waals surface area contributed by atoms with Gasteiger partial charge in [0.25, 0.3) is 10.0 Å². The van der Waals surface area contributed by atoms with Crippen LogP contribution < -0.4 is 4.72 Å². The zero-order valence-electron chi connectivity index (χ0n) is 11.0. The van der Waals surface area contributed by atoms with Gasteiger partial charge in [0.2, 0.25) is 9.62 Å². The Morgan fingerprint density at radius 2 is 1.77 bits per heavy atom. The Morgan fingerprint density at radius 3 is 2.45 bits per heavy atom. The van der Waals surface area contributed by atoms with Crippen molar-refractivity contribution in [3.63, 3.8) is 0 Å². The average molecular weight is 375 g/mol. The van der Waals surface area contributed by atoms with Crippen LogP contribution in [0.3, 0.4) is 0 Å². The Bertz CT molecular complexity index is 955. The molecule has 0 radical (unpaired) electrons. The number of rotatable bonds is 3. The number of benzene rings is 1. The number of anilines is 1. The summed E-state index contributed by atoms with van der Waals surface area (Å²) in [6, 6.07) is 6.95. The Hall–Kier alpha value is -1.48. The van der Waals surface area contributed by atoms with Crippen LogP contribution in [-0.2, 0) is 10.0 Å². The molecule has 0 saturated heterocycles. The zero-order valence-corrected chi connectivity index (χ0v) is 14.2. The summed E-state index contributed by atoms with van der Waals surface area (Å²) < 4.78 is 27.4. The fourth-order valence-corrected chi connectivity index (χ4v) is 4.34. The van der Waals surface area contributed by atoms with Crippen molar-refractivity contribution in [1.29, 1.82) is 0 Å². The summed E-state index contributed by atoms with van der Waals surface area (Å²) in [4.78, 5) is 11.6. The van der Waals surface area contributed by atoms with E-state index in [-0.39, 0.29) is 20.4 Å². The predicted octanol–water partition coefficient (Wildman–Crippen LogP) is 3.50. The van der Waals surface area contributed by atoms with Crippen LogP contribution in [0, 0.1) is 6.92 Å². The van der Waals surface area contributed by atoms with Crippen molar-refractivity contribution < 1.29 is 8.42 Å². The summed E-state index contributed by atoms with van der Waals surface area (Å²) in [5.41, 5.74) is 1.62. The van der Waals surface area contributed by atoms with Crippen LogP contribution in [0.4, 0.5) is 5.69 Å². The van der Waals surface area contributed by atoms with Crippen molar-refractivity contribution in [1.82, 2.24) is 15.0 Å². The van der Waals surface area contributed by atoms with Crippen molar-refractivity contribution in [2.75, 3.05) is 4.72 Å². The molecular weight excluding hydrogens is 367 g/mol. The van der Waals surface area contributed by atoms with Gasteiger partial charge in [-0.3, -0.25) is 4.72 Å². The van der Waals surface area contributed by atoms with Crippen LogP contribution in [0.1, 0.15) is 5.56 Å². The van der Waals surface area contributed by atoms with E-state index in [2.05, 4.69) is 19.7 Å².